The first kappa shape index (κ1) is 27.1. The summed E-state index contributed by atoms with van der Waals surface area (Å²) in [6.45, 7) is 3.63. The van der Waals surface area contributed by atoms with Gasteiger partial charge < -0.3 is 9.63 Å². The second-order valence-corrected chi connectivity index (χ2v) is 9.15. The number of benzene rings is 3. The molecule has 9 heteroatoms. The smallest absolute Gasteiger partial charge is 0.417 e. The van der Waals surface area contributed by atoms with Gasteiger partial charge in [0.2, 0.25) is 5.82 Å². The van der Waals surface area contributed by atoms with Crippen LogP contribution in [-0.4, -0.2) is 39.2 Å². The van der Waals surface area contributed by atoms with E-state index in [0.29, 0.717) is 24.2 Å². The molecule has 5 rings (SSSR count). The van der Waals surface area contributed by atoms with E-state index in [9.17, 15) is 18.0 Å². The van der Waals surface area contributed by atoms with Gasteiger partial charge in [0.25, 0.3) is 5.89 Å². The normalized spacial score (nSPS) is 13.6. The number of hydrogen-bond donors (Lipinski definition) is 1. The minimum Gasteiger partial charge on any atom is -0.481 e. The van der Waals surface area contributed by atoms with Crippen LogP contribution in [0.25, 0.3) is 34.0 Å². The Balaban J connectivity index is 0.00000336. The lowest BCUT2D eigenvalue weighted by molar-refractivity contribution is -0.138. The summed E-state index contributed by atoms with van der Waals surface area (Å²) in [7, 11) is 0. The number of rotatable bonds is 6. The third kappa shape index (κ3) is 5.62. The lowest BCUT2D eigenvalue weighted by Gasteiger charge is -2.28. The molecule has 0 unspecified atom stereocenters. The molecule has 0 amide bonds. The summed E-state index contributed by atoms with van der Waals surface area (Å²) >= 11 is 0. The highest BCUT2D eigenvalue weighted by Gasteiger charge is 2.35. The van der Waals surface area contributed by atoms with E-state index < -0.39 is 17.7 Å². The predicted molar refractivity (Wildman–Crippen MR) is 138 cm³/mol. The average Bonchev–Trinajstić information content (AvgIpc) is 3.37. The number of carbonyl (C=O) groups is 1. The van der Waals surface area contributed by atoms with Gasteiger partial charge in [0.15, 0.2) is 0 Å². The Morgan fingerprint density at radius 3 is 2.53 bits per heavy atom. The van der Waals surface area contributed by atoms with Crippen LogP contribution in [0, 0.1) is 6.92 Å². The number of aliphatic carboxylic acids is 1. The van der Waals surface area contributed by atoms with Crippen LogP contribution >= 0.6 is 0 Å². The predicted octanol–water partition coefficient (Wildman–Crippen LogP) is 6.87. The van der Waals surface area contributed by atoms with Gasteiger partial charge in [-0.15, -0.1) is 0 Å². The van der Waals surface area contributed by atoms with Crippen LogP contribution in [0.15, 0.2) is 65.2 Å². The second-order valence-electron chi connectivity index (χ2n) is 9.15. The molecular formula is C29H28F3N3O3. The summed E-state index contributed by atoms with van der Waals surface area (Å²) in [5.74, 6) is -0.561. The van der Waals surface area contributed by atoms with E-state index in [4.69, 9.17) is 9.63 Å². The van der Waals surface area contributed by atoms with Crippen molar-refractivity contribution in [3.63, 3.8) is 0 Å². The largest absolute Gasteiger partial charge is 0.481 e. The van der Waals surface area contributed by atoms with Crippen LogP contribution in [0.5, 0.6) is 0 Å². The van der Waals surface area contributed by atoms with Crippen LogP contribution in [0.3, 0.4) is 0 Å². The zero-order valence-corrected chi connectivity index (χ0v) is 20.0. The first-order valence-electron chi connectivity index (χ1n) is 11.9. The highest BCUT2D eigenvalue weighted by molar-refractivity contribution is 5.74. The molecule has 1 N–H and O–H groups in total. The maximum atomic E-state index is 14.0. The Morgan fingerprint density at radius 2 is 1.79 bits per heavy atom. The highest BCUT2D eigenvalue weighted by Crippen LogP contribution is 2.40. The number of halogens is 3. The number of fused-ring (bicyclic) bond motifs is 1. The van der Waals surface area contributed by atoms with E-state index in [1.807, 2.05) is 18.2 Å². The second kappa shape index (κ2) is 10.8. The minimum absolute atomic E-state index is 0. The minimum atomic E-state index is -4.57. The van der Waals surface area contributed by atoms with Crippen LogP contribution in [0.1, 0.15) is 36.1 Å². The molecule has 1 aliphatic rings. The van der Waals surface area contributed by atoms with E-state index in [-0.39, 0.29) is 36.7 Å². The summed E-state index contributed by atoms with van der Waals surface area (Å²) in [5, 5.41) is 13.0. The lowest BCUT2D eigenvalue weighted by Crippen LogP contribution is -2.32. The van der Waals surface area contributed by atoms with Crippen LogP contribution < -0.4 is 0 Å². The first-order chi connectivity index (χ1) is 17.7. The molecule has 38 heavy (non-hydrogen) atoms. The van der Waals surface area contributed by atoms with Crippen LogP contribution in [0.4, 0.5) is 13.2 Å². The number of nitrogens with zero attached hydrogens (tertiary/aromatic N) is 3. The first-order valence-corrected chi connectivity index (χ1v) is 11.9. The van der Waals surface area contributed by atoms with Gasteiger partial charge in [0.1, 0.15) is 0 Å². The van der Waals surface area contributed by atoms with Crippen molar-refractivity contribution < 1.29 is 27.6 Å². The molecule has 3 aromatic carbocycles. The third-order valence-electron chi connectivity index (χ3n) is 6.63. The fourth-order valence-electron chi connectivity index (χ4n) is 4.68. The van der Waals surface area contributed by atoms with Gasteiger partial charge >= 0.3 is 12.1 Å². The topological polar surface area (TPSA) is 79.5 Å². The van der Waals surface area contributed by atoms with Crippen molar-refractivity contribution >= 4 is 5.97 Å². The fraction of sp³-hybridized carbons (Fsp3) is 0.276. The lowest BCUT2D eigenvalue weighted by atomic mass is 9.94. The van der Waals surface area contributed by atoms with E-state index in [0.717, 1.165) is 30.2 Å². The molecular weight excluding hydrogens is 495 g/mol. The van der Waals surface area contributed by atoms with Crippen molar-refractivity contribution in [3.05, 3.63) is 82.9 Å². The standard InChI is InChI=1S/C28H24F3N3O3.CH4/c1-17-4-2-3-5-22(17)23-9-8-20(15-24(23)28(29,30)31)27-32-26(33-37-27)19-7-6-18-10-12-34(13-11-25(35)36)16-21(18)14-19;/h2-9,14-15H,10-13,16H2,1H3,(H,35,36);1H4. The summed E-state index contributed by atoms with van der Waals surface area (Å²) in [6, 6.07) is 16.8. The third-order valence-corrected chi connectivity index (χ3v) is 6.63. The number of aromatic nitrogens is 2. The summed E-state index contributed by atoms with van der Waals surface area (Å²) < 4.78 is 47.4. The maximum absolute atomic E-state index is 14.0. The Morgan fingerprint density at radius 1 is 1.03 bits per heavy atom. The summed E-state index contributed by atoms with van der Waals surface area (Å²) in [4.78, 5) is 17.4. The van der Waals surface area contributed by atoms with Crippen molar-refractivity contribution in [1.29, 1.82) is 0 Å². The quantitative estimate of drug-likeness (QED) is 0.297. The van der Waals surface area contributed by atoms with E-state index >= 15 is 0 Å². The molecule has 2 heterocycles. The molecule has 0 atom stereocenters. The molecule has 0 spiro atoms. The number of hydrogen-bond acceptors (Lipinski definition) is 5. The van der Waals surface area contributed by atoms with Gasteiger partial charge in [-0.2, -0.15) is 18.2 Å². The van der Waals surface area contributed by atoms with Gasteiger partial charge in [0.05, 0.1) is 12.0 Å². The van der Waals surface area contributed by atoms with Crippen molar-refractivity contribution in [2.75, 3.05) is 13.1 Å². The van der Waals surface area contributed by atoms with Crippen LogP contribution in [-0.2, 0) is 23.9 Å². The van der Waals surface area contributed by atoms with Gasteiger partial charge in [-0.1, -0.05) is 55.0 Å². The Bertz CT molecular complexity index is 1460. The number of carboxylic acid groups (broad SMARTS) is 1. The monoisotopic (exact) mass is 523 g/mol. The molecule has 1 aliphatic heterocycles. The summed E-state index contributed by atoms with van der Waals surface area (Å²) in [6.07, 6.45) is -3.69. The molecule has 0 fully saturated rings. The van der Waals surface area contributed by atoms with Gasteiger partial charge in [0, 0.05) is 30.8 Å². The Kier molecular flexibility index (Phi) is 7.68. The van der Waals surface area contributed by atoms with Crippen molar-refractivity contribution in [3.8, 4) is 34.0 Å². The fourth-order valence-corrected chi connectivity index (χ4v) is 4.68. The van der Waals surface area contributed by atoms with E-state index in [2.05, 4.69) is 15.0 Å². The van der Waals surface area contributed by atoms with Crippen LogP contribution in [0.2, 0.25) is 0 Å². The van der Waals surface area contributed by atoms with E-state index in [1.165, 1.54) is 11.6 Å². The van der Waals surface area contributed by atoms with Gasteiger partial charge in [-0.25, -0.2) is 0 Å². The molecule has 0 saturated heterocycles. The zero-order chi connectivity index (χ0) is 26.2. The zero-order valence-electron chi connectivity index (χ0n) is 20.0. The molecule has 0 aliphatic carbocycles. The molecule has 0 radical (unpaired) electrons. The molecule has 4 aromatic rings. The van der Waals surface area contributed by atoms with Gasteiger partial charge in [-0.3, -0.25) is 9.69 Å². The molecule has 0 bridgehead atoms. The van der Waals surface area contributed by atoms with Crippen molar-refractivity contribution in [2.45, 2.75) is 39.9 Å². The van der Waals surface area contributed by atoms with Crippen molar-refractivity contribution in [2.24, 2.45) is 0 Å². The van der Waals surface area contributed by atoms with E-state index in [1.54, 1.807) is 37.3 Å². The Labute approximate surface area is 218 Å². The highest BCUT2D eigenvalue weighted by atomic mass is 19.4. The number of carboxylic acids is 1. The number of alkyl halides is 3. The molecule has 198 valence electrons. The van der Waals surface area contributed by atoms with Crippen molar-refractivity contribution in [1.82, 2.24) is 15.0 Å². The molecule has 6 nitrogen and oxygen atoms in total. The maximum Gasteiger partial charge on any atom is 0.417 e. The summed E-state index contributed by atoms with van der Waals surface area (Å²) in [5.41, 5.74) is 3.66. The molecule has 0 saturated carbocycles. The van der Waals surface area contributed by atoms with Gasteiger partial charge in [-0.05, 0) is 59.4 Å². The molecule has 1 aromatic heterocycles. The SMILES string of the molecule is C.Cc1ccccc1-c1ccc(-c2nc(-c3ccc4c(c3)CN(CCC(=O)O)CC4)no2)cc1C(F)(F)F. The Hall–Kier alpha value is -3.98. The average molecular weight is 524 g/mol. The number of aryl methyl sites for hydroxylation is 1.